The van der Waals surface area contributed by atoms with E-state index in [2.05, 4.69) is 5.32 Å². The van der Waals surface area contributed by atoms with Crippen LogP contribution < -0.4 is 5.32 Å². The number of amides is 1. The summed E-state index contributed by atoms with van der Waals surface area (Å²) in [4.78, 5) is 21.4. The highest BCUT2D eigenvalue weighted by atomic mass is 32.2. The minimum absolute atomic E-state index is 0.0382. The molecule has 1 aliphatic rings. The average Bonchev–Trinajstić information content (AvgIpc) is 2.42. The molecule has 122 valence electrons. The lowest BCUT2D eigenvalue weighted by Crippen LogP contribution is -2.47. The Labute approximate surface area is 125 Å². The summed E-state index contributed by atoms with van der Waals surface area (Å²) in [6.07, 6.45) is 1.16. The van der Waals surface area contributed by atoms with Crippen LogP contribution in [-0.2, 0) is 19.8 Å². The Balaban J connectivity index is 2.48. The van der Waals surface area contributed by atoms with Crippen LogP contribution in [0.2, 0.25) is 0 Å². The second-order valence-electron chi connectivity index (χ2n) is 5.25. The number of aliphatic carboxylic acids is 1. The molecule has 0 spiro atoms. The number of nitrogens with zero attached hydrogens (tertiary/aromatic N) is 2. The van der Waals surface area contributed by atoms with Crippen LogP contribution in [0, 0.1) is 5.92 Å². The number of carbonyl (C=O) groups excluding carboxylic acids is 1. The Hall–Kier alpha value is -1.19. The molecule has 21 heavy (non-hydrogen) atoms. The summed E-state index contributed by atoms with van der Waals surface area (Å²) in [5.41, 5.74) is 0. The summed E-state index contributed by atoms with van der Waals surface area (Å²) in [7, 11) is -2.21. The smallest absolute Gasteiger partial charge is 0.304 e. The predicted octanol–water partition coefficient (Wildman–Crippen LogP) is -0.514. The van der Waals surface area contributed by atoms with Gasteiger partial charge in [0.15, 0.2) is 0 Å². The zero-order chi connectivity index (χ0) is 16.0. The Morgan fingerprint density at radius 1 is 1.33 bits per heavy atom. The van der Waals surface area contributed by atoms with Gasteiger partial charge in [-0.15, -0.1) is 0 Å². The Kier molecular flexibility index (Phi) is 6.56. The van der Waals surface area contributed by atoms with Crippen LogP contribution in [0.1, 0.15) is 26.2 Å². The van der Waals surface area contributed by atoms with Gasteiger partial charge in [-0.25, -0.2) is 0 Å². The molecule has 2 N–H and O–H groups in total. The molecule has 0 bridgehead atoms. The van der Waals surface area contributed by atoms with Crippen molar-refractivity contribution in [1.82, 2.24) is 13.9 Å². The third-order valence-corrected chi connectivity index (χ3v) is 5.56. The molecule has 0 aliphatic carbocycles. The molecule has 0 aromatic heterocycles. The van der Waals surface area contributed by atoms with Crippen molar-refractivity contribution >= 4 is 22.1 Å². The number of carboxylic acid groups (broad SMARTS) is 1. The number of piperidine rings is 1. The van der Waals surface area contributed by atoms with Gasteiger partial charge in [0.1, 0.15) is 0 Å². The highest BCUT2D eigenvalue weighted by molar-refractivity contribution is 7.86. The van der Waals surface area contributed by atoms with Crippen molar-refractivity contribution in [1.29, 1.82) is 0 Å². The molecular formula is C12H23N3O5S. The number of nitrogens with one attached hydrogen (secondary N) is 1. The molecule has 0 unspecified atom stereocenters. The maximum Gasteiger partial charge on any atom is 0.304 e. The Morgan fingerprint density at radius 3 is 2.38 bits per heavy atom. The fourth-order valence-corrected chi connectivity index (χ4v) is 3.59. The number of hydrogen-bond acceptors (Lipinski definition) is 4. The zero-order valence-electron chi connectivity index (χ0n) is 12.4. The molecule has 1 amide bonds. The third-order valence-electron chi connectivity index (χ3n) is 3.57. The standard InChI is InChI=1S/C12H23N3O5S/c1-10(16)13-9-11-3-7-15(8-4-11)21(19,20)14(2)6-5-12(17)18/h11H,3-9H2,1-2H3,(H,13,16)(H,17,18). The monoisotopic (exact) mass is 321 g/mol. The first-order valence-electron chi connectivity index (χ1n) is 6.91. The van der Waals surface area contributed by atoms with Crippen molar-refractivity contribution < 1.29 is 23.1 Å². The molecule has 0 aromatic rings. The van der Waals surface area contributed by atoms with Gasteiger partial charge >= 0.3 is 5.97 Å². The van der Waals surface area contributed by atoms with Crippen LogP contribution in [-0.4, -0.2) is 67.2 Å². The van der Waals surface area contributed by atoms with Gasteiger partial charge in [-0.2, -0.15) is 17.0 Å². The van der Waals surface area contributed by atoms with Gasteiger partial charge in [-0.1, -0.05) is 0 Å². The lowest BCUT2D eigenvalue weighted by Gasteiger charge is -2.33. The summed E-state index contributed by atoms with van der Waals surface area (Å²) in [5, 5.41) is 11.3. The van der Waals surface area contributed by atoms with Crippen LogP contribution in [0.5, 0.6) is 0 Å². The molecule has 1 saturated heterocycles. The van der Waals surface area contributed by atoms with Crippen LogP contribution in [0.3, 0.4) is 0 Å². The van der Waals surface area contributed by atoms with Gasteiger partial charge in [0.05, 0.1) is 6.42 Å². The SMILES string of the molecule is CC(=O)NCC1CCN(S(=O)(=O)N(C)CCC(=O)O)CC1. The fourth-order valence-electron chi connectivity index (χ4n) is 2.20. The molecule has 0 saturated carbocycles. The van der Waals surface area contributed by atoms with E-state index in [1.807, 2.05) is 0 Å². The fraction of sp³-hybridized carbons (Fsp3) is 0.833. The van der Waals surface area contributed by atoms with Crippen molar-refractivity contribution in [2.75, 3.05) is 33.2 Å². The lowest BCUT2D eigenvalue weighted by atomic mass is 9.98. The highest BCUT2D eigenvalue weighted by Gasteiger charge is 2.31. The topological polar surface area (TPSA) is 107 Å². The largest absolute Gasteiger partial charge is 0.481 e. The van der Waals surface area contributed by atoms with Crippen molar-refractivity contribution in [3.63, 3.8) is 0 Å². The molecule has 1 heterocycles. The van der Waals surface area contributed by atoms with Crippen LogP contribution in [0.15, 0.2) is 0 Å². The quantitative estimate of drug-likeness (QED) is 0.656. The highest BCUT2D eigenvalue weighted by Crippen LogP contribution is 2.20. The summed E-state index contributed by atoms with van der Waals surface area (Å²) < 4.78 is 27.0. The molecule has 0 radical (unpaired) electrons. The number of carboxylic acids is 1. The van der Waals surface area contributed by atoms with Gasteiger partial charge in [0, 0.05) is 40.2 Å². The molecule has 8 nitrogen and oxygen atoms in total. The molecule has 0 atom stereocenters. The van der Waals surface area contributed by atoms with Gasteiger partial charge in [0.2, 0.25) is 5.91 Å². The van der Waals surface area contributed by atoms with E-state index in [4.69, 9.17) is 5.11 Å². The predicted molar refractivity (Wildman–Crippen MR) is 76.8 cm³/mol. The summed E-state index contributed by atoms with van der Waals surface area (Å²) in [6.45, 7) is 2.77. The lowest BCUT2D eigenvalue weighted by molar-refractivity contribution is -0.137. The molecule has 9 heteroatoms. The van der Waals surface area contributed by atoms with E-state index < -0.39 is 16.2 Å². The van der Waals surface area contributed by atoms with Crippen LogP contribution >= 0.6 is 0 Å². The van der Waals surface area contributed by atoms with Gasteiger partial charge in [0.25, 0.3) is 10.2 Å². The van der Waals surface area contributed by atoms with Crippen molar-refractivity contribution in [2.45, 2.75) is 26.2 Å². The number of carbonyl (C=O) groups is 2. The molecule has 1 fully saturated rings. The van der Waals surface area contributed by atoms with Crippen molar-refractivity contribution in [3.8, 4) is 0 Å². The van der Waals surface area contributed by atoms with Crippen LogP contribution in [0.25, 0.3) is 0 Å². The average molecular weight is 321 g/mol. The minimum atomic E-state index is -3.60. The first-order valence-corrected chi connectivity index (χ1v) is 8.31. The molecular weight excluding hydrogens is 298 g/mol. The molecule has 0 aromatic carbocycles. The van der Waals surface area contributed by atoms with E-state index in [0.717, 1.165) is 4.31 Å². The van der Waals surface area contributed by atoms with Gasteiger partial charge in [-0.05, 0) is 18.8 Å². The summed E-state index contributed by atoms with van der Waals surface area (Å²) >= 11 is 0. The maximum atomic E-state index is 12.3. The molecule has 1 aliphatic heterocycles. The van der Waals surface area contributed by atoms with E-state index in [1.54, 1.807) is 0 Å². The van der Waals surface area contributed by atoms with Crippen molar-refractivity contribution in [3.05, 3.63) is 0 Å². The Morgan fingerprint density at radius 2 is 1.90 bits per heavy atom. The van der Waals surface area contributed by atoms with E-state index in [1.165, 1.54) is 18.3 Å². The number of hydrogen-bond donors (Lipinski definition) is 2. The second-order valence-corrected chi connectivity index (χ2v) is 7.29. The van der Waals surface area contributed by atoms with E-state index in [-0.39, 0.29) is 24.8 Å². The first-order chi connectivity index (χ1) is 9.73. The second kappa shape index (κ2) is 7.71. The Bertz CT molecular complexity index is 471. The van der Waals surface area contributed by atoms with E-state index >= 15 is 0 Å². The third kappa shape index (κ3) is 5.60. The van der Waals surface area contributed by atoms with E-state index in [0.29, 0.717) is 32.5 Å². The minimum Gasteiger partial charge on any atom is -0.481 e. The first kappa shape index (κ1) is 17.9. The zero-order valence-corrected chi connectivity index (χ0v) is 13.2. The summed E-state index contributed by atoms with van der Waals surface area (Å²) in [6, 6.07) is 0. The maximum absolute atomic E-state index is 12.3. The summed E-state index contributed by atoms with van der Waals surface area (Å²) in [5.74, 6) is -0.825. The van der Waals surface area contributed by atoms with Gasteiger partial charge in [-0.3, -0.25) is 9.59 Å². The normalized spacial score (nSPS) is 17.9. The molecule has 1 rings (SSSR count). The van der Waals surface area contributed by atoms with Crippen LogP contribution in [0.4, 0.5) is 0 Å². The van der Waals surface area contributed by atoms with Gasteiger partial charge < -0.3 is 10.4 Å². The number of rotatable bonds is 7. The van der Waals surface area contributed by atoms with E-state index in [9.17, 15) is 18.0 Å². The van der Waals surface area contributed by atoms with Crippen molar-refractivity contribution in [2.24, 2.45) is 5.92 Å².